The monoisotopic (exact) mass is 1740 g/mol. The average Bonchev–Trinajstić information content (AvgIpc) is 1.43. The van der Waals surface area contributed by atoms with Crippen molar-refractivity contribution < 1.29 is 13.3 Å². The quantitative estimate of drug-likeness (QED) is 0.101. The van der Waals surface area contributed by atoms with E-state index in [-0.39, 0.29) is 0 Å². The first-order valence-electron chi connectivity index (χ1n) is 45.5. The van der Waals surface area contributed by atoms with Gasteiger partial charge in [-0.2, -0.15) is 29.9 Å². The highest BCUT2D eigenvalue weighted by Crippen LogP contribution is 2.49. The molecule has 19 aromatic carbocycles. The van der Waals surface area contributed by atoms with Gasteiger partial charge in [0, 0.05) is 104 Å². The SMILES string of the molecule is c1ccc(-c2ccccc2-c2nc(-c3ccc4oc5ccc(-c6cccc7c6oc6cc(-c8nc(-c9ccccc9-c9ccccc9)nc(-n9c%10ccccc%10c%10c%11ccccc%11ccc%109)n8)ccc67)cc5c4c3)nc(-n3c4ccccc4c4c(-c5cccc6c5c5ccccc5n6-c5nc(-c6ccccc6-c6ccccc6)nc(-c6cccc7oc8ccccc8c67)n5)cccc43)n2)cc1. The maximum atomic E-state index is 7.19. The zero-order valence-corrected chi connectivity index (χ0v) is 72.5. The van der Waals surface area contributed by atoms with Gasteiger partial charge in [0.1, 0.15) is 33.5 Å². The molecule has 0 amide bonds. The Morgan fingerprint density at radius 3 is 1.06 bits per heavy atom. The van der Waals surface area contributed by atoms with E-state index in [1.807, 2.05) is 66.7 Å². The molecule has 28 rings (SSSR count). The third kappa shape index (κ3) is 12.1. The van der Waals surface area contributed by atoms with Crippen LogP contribution >= 0.6 is 0 Å². The Kier molecular flexibility index (Phi) is 17.1. The molecular weight excluding hydrogens is 1670 g/mol. The molecule has 0 aliphatic carbocycles. The van der Waals surface area contributed by atoms with E-state index in [1.165, 1.54) is 0 Å². The molecule has 0 saturated heterocycles. The number of hydrogen-bond acceptors (Lipinski definition) is 12. The number of aromatic nitrogens is 12. The Balaban J connectivity index is 0.584. The second kappa shape index (κ2) is 30.4. The van der Waals surface area contributed by atoms with Gasteiger partial charge in [0.25, 0.3) is 0 Å². The normalized spacial score (nSPS) is 12.0. The summed E-state index contributed by atoms with van der Waals surface area (Å²) in [4.78, 5) is 49.8. The highest BCUT2D eigenvalue weighted by Gasteiger charge is 2.30. The van der Waals surface area contributed by atoms with Gasteiger partial charge >= 0.3 is 0 Å². The summed E-state index contributed by atoms with van der Waals surface area (Å²) in [6.07, 6.45) is 0. The smallest absolute Gasteiger partial charge is 0.238 e. The van der Waals surface area contributed by atoms with Crippen LogP contribution < -0.4 is 0 Å². The standard InChI is InChI=1S/C121H70N12O3/c1-4-30-71(31-5-1)78-37-12-15-41-87(78)115-122-113(125-119(127-115)131-98-54-23-19-45-91(98)109-84(49-27-56-100(109)131)85-50-28-57-101-110(85)92-46-20-24-55-99(92)132(101)121-129-117(89-43-17-14-39-80(89)73-34-8-3-9-35-73)124-118(130-121)94-52-29-59-106-111(94)93-47-21-25-58-103(93)135-106)76-63-67-105-96(69-76)95-68-75(62-66-104(95)134-105)82-48-26-51-86-83-64-60-77(70-107(83)136-112(82)86)114-123-116(88-42-16-13-38-79(88)72-32-6-2-7-33-72)128-120(126-114)133-97-53-22-18-44-90(97)108-81-40-11-10-36-74(81)61-65-102(108)133/h1-70H. The molecule has 0 aliphatic heterocycles. The van der Waals surface area contributed by atoms with E-state index in [4.69, 9.17) is 58.1 Å². The molecule has 0 unspecified atom stereocenters. The van der Waals surface area contributed by atoms with E-state index in [0.29, 0.717) is 64.0 Å². The summed E-state index contributed by atoms with van der Waals surface area (Å²) in [5.41, 5.74) is 25.1. The molecule has 0 atom stereocenters. The Labute approximate surface area is 775 Å². The molecular formula is C121H70N12O3. The Morgan fingerprint density at radius 1 is 0.154 bits per heavy atom. The van der Waals surface area contributed by atoms with Crippen LogP contribution in [-0.4, -0.2) is 58.6 Å². The molecule has 0 radical (unpaired) electrons. The lowest BCUT2D eigenvalue weighted by molar-refractivity contribution is 0.668. The number of rotatable bonds is 14. The molecule has 0 aliphatic rings. The zero-order valence-electron chi connectivity index (χ0n) is 72.5. The minimum absolute atomic E-state index is 0.446. The van der Waals surface area contributed by atoms with E-state index >= 15 is 0 Å². The molecule has 0 fully saturated rings. The van der Waals surface area contributed by atoms with E-state index in [0.717, 1.165) is 220 Å². The minimum atomic E-state index is 0.446. The van der Waals surface area contributed by atoms with Crippen LogP contribution in [0.3, 0.4) is 0 Å². The second-order valence-electron chi connectivity index (χ2n) is 34.5. The Morgan fingerprint density at radius 2 is 0.507 bits per heavy atom. The summed E-state index contributed by atoms with van der Waals surface area (Å²) in [5, 5.41) is 14.3. The van der Waals surface area contributed by atoms with Gasteiger partial charge in [0.15, 0.2) is 34.9 Å². The fourth-order valence-electron chi connectivity index (χ4n) is 20.9. The van der Waals surface area contributed by atoms with E-state index in [1.54, 1.807) is 0 Å². The van der Waals surface area contributed by atoms with E-state index < -0.39 is 0 Å². The van der Waals surface area contributed by atoms with Crippen molar-refractivity contribution >= 4 is 142 Å². The van der Waals surface area contributed by atoms with Crippen molar-refractivity contribution in [1.29, 1.82) is 0 Å². The van der Waals surface area contributed by atoms with Gasteiger partial charge in [0.05, 0.1) is 33.1 Å². The molecule has 0 bridgehead atoms. The van der Waals surface area contributed by atoms with Gasteiger partial charge in [-0.3, -0.25) is 13.7 Å². The lowest BCUT2D eigenvalue weighted by Gasteiger charge is -2.14. The van der Waals surface area contributed by atoms with Crippen LogP contribution in [0.25, 0.3) is 284 Å². The van der Waals surface area contributed by atoms with Crippen molar-refractivity contribution in [2.75, 3.05) is 0 Å². The first kappa shape index (κ1) is 76.2. The summed E-state index contributed by atoms with van der Waals surface area (Å²) < 4.78 is 27.1. The third-order valence-corrected chi connectivity index (χ3v) is 26.9. The van der Waals surface area contributed by atoms with Crippen molar-refractivity contribution in [3.05, 3.63) is 425 Å². The number of nitrogens with zero attached hydrogens (tertiary/aromatic N) is 12. The summed E-state index contributed by atoms with van der Waals surface area (Å²) in [6, 6.07) is 148. The van der Waals surface area contributed by atoms with Crippen molar-refractivity contribution in [3.8, 4) is 142 Å². The second-order valence-corrected chi connectivity index (χ2v) is 34.5. The molecule has 136 heavy (non-hydrogen) atoms. The van der Waals surface area contributed by atoms with E-state index in [2.05, 4.69) is 372 Å². The van der Waals surface area contributed by atoms with Crippen molar-refractivity contribution in [3.63, 3.8) is 0 Å². The predicted molar refractivity (Wildman–Crippen MR) is 549 cm³/mol. The van der Waals surface area contributed by atoms with Gasteiger partial charge in [-0.05, 0) is 152 Å². The number of fused-ring (bicyclic) bond motifs is 20. The van der Waals surface area contributed by atoms with Gasteiger partial charge in [0.2, 0.25) is 17.8 Å². The van der Waals surface area contributed by atoms with Crippen LogP contribution in [0.15, 0.2) is 438 Å². The molecule has 15 nitrogen and oxygen atoms in total. The van der Waals surface area contributed by atoms with Gasteiger partial charge in [-0.15, -0.1) is 0 Å². The van der Waals surface area contributed by atoms with Crippen LogP contribution in [0.1, 0.15) is 0 Å². The molecule has 0 saturated carbocycles. The van der Waals surface area contributed by atoms with Crippen LogP contribution in [-0.2, 0) is 0 Å². The maximum absolute atomic E-state index is 7.19. The van der Waals surface area contributed by atoms with Crippen molar-refractivity contribution in [2.45, 2.75) is 0 Å². The van der Waals surface area contributed by atoms with Crippen molar-refractivity contribution in [1.82, 2.24) is 58.6 Å². The van der Waals surface area contributed by atoms with Gasteiger partial charge < -0.3 is 13.3 Å². The summed E-state index contributed by atoms with van der Waals surface area (Å²) in [5.74, 6) is 4.49. The summed E-state index contributed by atoms with van der Waals surface area (Å²) in [7, 11) is 0. The lowest BCUT2D eigenvalue weighted by Crippen LogP contribution is -2.07. The minimum Gasteiger partial charge on any atom is -0.456 e. The predicted octanol–water partition coefficient (Wildman–Crippen LogP) is 30.7. The molecule has 15 heteroatoms. The van der Waals surface area contributed by atoms with Crippen LogP contribution in [0, 0.1) is 0 Å². The maximum Gasteiger partial charge on any atom is 0.238 e. The van der Waals surface area contributed by atoms with E-state index in [9.17, 15) is 0 Å². The highest BCUT2D eigenvalue weighted by molar-refractivity contribution is 6.24. The first-order valence-corrected chi connectivity index (χ1v) is 45.5. The Hall–Kier alpha value is -18.7. The third-order valence-electron chi connectivity index (χ3n) is 26.9. The number of hydrogen-bond donors (Lipinski definition) is 0. The number of benzene rings is 19. The molecule has 632 valence electrons. The molecule has 9 heterocycles. The van der Waals surface area contributed by atoms with Crippen LogP contribution in [0.4, 0.5) is 0 Å². The highest BCUT2D eigenvalue weighted by atomic mass is 16.3. The molecule has 0 spiro atoms. The summed E-state index contributed by atoms with van der Waals surface area (Å²) >= 11 is 0. The topological polar surface area (TPSA) is 170 Å². The molecule has 28 aromatic rings. The summed E-state index contributed by atoms with van der Waals surface area (Å²) in [6.45, 7) is 0. The Bertz CT molecular complexity index is 9860. The number of furan rings is 3. The van der Waals surface area contributed by atoms with Gasteiger partial charge in [-0.25, -0.2) is 15.0 Å². The zero-order chi connectivity index (χ0) is 89.2. The largest absolute Gasteiger partial charge is 0.456 e. The number of para-hydroxylation sites is 5. The fraction of sp³-hybridized carbons (Fsp3) is 0. The fourth-order valence-corrected chi connectivity index (χ4v) is 20.9. The van der Waals surface area contributed by atoms with Crippen LogP contribution in [0.5, 0.6) is 0 Å². The van der Waals surface area contributed by atoms with Crippen molar-refractivity contribution in [2.24, 2.45) is 0 Å². The molecule has 9 aromatic heterocycles. The first-order chi connectivity index (χ1) is 67.4. The lowest BCUT2D eigenvalue weighted by atomic mass is 9.95. The molecule has 0 N–H and O–H groups in total. The average molecular weight is 1740 g/mol. The van der Waals surface area contributed by atoms with Gasteiger partial charge in [-0.1, -0.05) is 334 Å². The van der Waals surface area contributed by atoms with Crippen LogP contribution in [0.2, 0.25) is 0 Å².